The molecule has 1 aliphatic heterocycles. The van der Waals surface area contributed by atoms with Gasteiger partial charge in [-0.05, 0) is 76.1 Å². The summed E-state index contributed by atoms with van der Waals surface area (Å²) in [4.78, 5) is 18.7. The highest BCUT2D eigenvalue weighted by Crippen LogP contribution is 2.31. The molecule has 2 heterocycles. The summed E-state index contributed by atoms with van der Waals surface area (Å²) < 4.78 is 16.1. The van der Waals surface area contributed by atoms with Gasteiger partial charge in [-0.1, -0.05) is 18.2 Å². The van der Waals surface area contributed by atoms with Crippen LogP contribution in [0.1, 0.15) is 70.2 Å². The smallest absolute Gasteiger partial charge is 0.410 e. The van der Waals surface area contributed by atoms with Crippen LogP contribution in [0, 0.1) is 5.92 Å². The summed E-state index contributed by atoms with van der Waals surface area (Å²) in [7, 11) is 3.31. The molecule has 0 radical (unpaired) electrons. The zero-order valence-corrected chi connectivity index (χ0v) is 21.3. The summed E-state index contributed by atoms with van der Waals surface area (Å²) in [6, 6.07) is 12.5. The number of carbonyl (C=O) groups excluding carboxylic acids is 1. The predicted molar refractivity (Wildman–Crippen MR) is 133 cm³/mol. The van der Waals surface area contributed by atoms with Crippen molar-refractivity contribution in [1.29, 1.82) is 0 Å². The molecule has 7 heteroatoms. The van der Waals surface area contributed by atoms with Crippen molar-refractivity contribution in [2.75, 3.05) is 27.3 Å². The van der Waals surface area contributed by atoms with Crippen molar-refractivity contribution < 1.29 is 19.0 Å². The average Bonchev–Trinajstić information content (AvgIpc) is 2.83. The standard InChI is InChI=1S/C27H39N3O4/c1-19(21-7-10-23(32-5)11-8-21)29-24(22-9-12-25(33-6)28-18-22)17-20-13-15-30(16-14-20)26(31)34-27(2,3)4/h7-12,18-20,24,29H,13-17H2,1-6H3/t19-,24-/m0/s1. The number of benzene rings is 1. The van der Waals surface area contributed by atoms with Crippen molar-refractivity contribution in [3.05, 3.63) is 53.7 Å². The summed E-state index contributed by atoms with van der Waals surface area (Å²) >= 11 is 0. The van der Waals surface area contributed by atoms with Crippen molar-refractivity contribution in [3.8, 4) is 11.6 Å². The molecule has 0 saturated carbocycles. The Bertz CT molecular complexity index is 901. The summed E-state index contributed by atoms with van der Waals surface area (Å²) in [6.45, 7) is 9.33. The van der Waals surface area contributed by atoms with Gasteiger partial charge in [0.2, 0.25) is 5.88 Å². The highest BCUT2D eigenvalue weighted by atomic mass is 16.6. The van der Waals surface area contributed by atoms with Gasteiger partial charge in [-0.25, -0.2) is 9.78 Å². The Kier molecular flexibility index (Phi) is 8.78. The highest BCUT2D eigenvalue weighted by Gasteiger charge is 2.29. The summed E-state index contributed by atoms with van der Waals surface area (Å²) in [5.74, 6) is 1.96. The van der Waals surface area contributed by atoms with Gasteiger partial charge in [0.1, 0.15) is 11.4 Å². The van der Waals surface area contributed by atoms with Gasteiger partial charge in [0.25, 0.3) is 0 Å². The van der Waals surface area contributed by atoms with Crippen LogP contribution in [0.25, 0.3) is 0 Å². The van der Waals surface area contributed by atoms with Gasteiger partial charge in [-0.3, -0.25) is 0 Å². The summed E-state index contributed by atoms with van der Waals surface area (Å²) in [6.07, 6.45) is 4.56. The molecular formula is C27H39N3O4. The Morgan fingerprint density at radius 1 is 1.06 bits per heavy atom. The van der Waals surface area contributed by atoms with E-state index in [0.717, 1.165) is 43.7 Å². The molecule has 1 amide bonds. The van der Waals surface area contributed by atoms with E-state index < -0.39 is 5.60 Å². The topological polar surface area (TPSA) is 72.9 Å². The van der Waals surface area contributed by atoms with Crippen LogP contribution in [-0.4, -0.2) is 48.9 Å². The lowest BCUT2D eigenvalue weighted by atomic mass is 9.87. The van der Waals surface area contributed by atoms with E-state index in [9.17, 15) is 4.79 Å². The second-order valence-electron chi connectivity index (χ2n) is 9.99. The first-order valence-corrected chi connectivity index (χ1v) is 12.1. The van der Waals surface area contributed by atoms with Crippen LogP contribution in [0.4, 0.5) is 4.79 Å². The first-order valence-electron chi connectivity index (χ1n) is 12.1. The number of likely N-dealkylation sites (tertiary alicyclic amines) is 1. The first kappa shape index (κ1) is 25.8. The Balaban J connectivity index is 1.67. The minimum absolute atomic E-state index is 0.133. The molecule has 3 rings (SSSR count). The molecule has 2 aromatic rings. The minimum Gasteiger partial charge on any atom is -0.497 e. The number of hydrogen-bond donors (Lipinski definition) is 1. The zero-order valence-electron chi connectivity index (χ0n) is 21.3. The van der Waals surface area contributed by atoms with Crippen molar-refractivity contribution >= 4 is 6.09 Å². The molecule has 0 spiro atoms. The van der Waals surface area contributed by atoms with Gasteiger partial charge in [-0.15, -0.1) is 0 Å². The molecule has 0 bridgehead atoms. The van der Waals surface area contributed by atoms with Gasteiger partial charge >= 0.3 is 6.09 Å². The summed E-state index contributed by atoms with van der Waals surface area (Å²) in [5.41, 5.74) is 1.87. The lowest BCUT2D eigenvalue weighted by Crippen LogP contribution is -2.42. The molecule has 186 valence electrons. The lowest BCUT2D eigenvalue weighted by molar-refractivity contribution is 0.0177. The van der Waals surface area contributed by atoms with Crippen molar-refractivity contribution in [1.82, 2.24) is 15.2 Å². The van der Waals surface area contributed by atoms with Gasteiger partial charge in [0.05, 0.1) is 14.2 Å². The molecule has 0 unspecified atom stereocenters. The number of rotatable bonds is 8. The Morgan fingerprint density at radius 2 is 1.71 bits per heavy atom. The summed E-state index contributed by atoms with van der Waals surface area (Å²) in [5, 5.41) is 3.81. The van der Waals surface area contributed by atoms with Gasteiger partial charge in [0.15, 0.2) is 0 Å². The van der Waals surface area contributed by atoms with Crippen molar-refractivity contribution in [2.45, 2.75) is 64.6 Å². The van der Waals surface area contributed by atoms with Crippen LogP contribution >= 0.6 is 0 Å². The Morgan fingerprint density at radius 3 is 2.24 bits per heavy atom. The minimum atomic E-state index is -0.470. The number of pyridine rings is 1. The monoisotopic (exact) mass is 469 g/mol. The fourth-order valence-corrected chi connectivity index (χ4v) is 4.32. The molecule has 34 heavy (non-hydrogen) atoms. The maximum absolute atomic E-state index is 12.4. The van der Waals surface area contributed by atoms with E-state index in [4.69, 9.17) is 14.2 Å². The largest absolute Gasteiger partial charge is 0.497 e. The van der Waals surface area contributed by atoms with E-state index in [1.54, 1.807) is 14.2 Å². The molecule has 1 fully saturated rings. The van der Waals surface area contributed by atoms with Gasteiger partial charge in [-0.2, -0.15) is 0 Å². The second kappa shape index (κ2) is 11.6. The fraction of sp³-hybridized carbons (Fsp3) is 0.556. The third-order valence-electron chi connectivity index (χ3n) is 6.27. The molecular weight excluding hydrogens is 430 g/mol. The molecule has 7 nitrogen and oxygen atoms in total. The van der Waals surface area contributed by atoms with Crippen LogP contribution < -0.4 is 14.8 Å². The number of hydrogen-bond acceptors (Lipinski definition) is 6. The third-order valence-corrected chi connectivity index (χ3v) is 6.27. The maximum atomic E-state index is 12.4. The normalized spacial score (nSPS) is 16.6. The van der Waals surface area contributed by atoms with E-state index in [2.05, 4.69) is 35.4 Å². The number of piperidine rings is 1. The molecule has 0 aliphatic carbocycles. The van der Waals surface area contributed by atoms with Crippen LogP contribution in [0.3, 0.4) is 0 Å². The van der Waals surface area contributed by atoms with E-state index in [0.29, 0.717) is 11.8 Å². The van der Waals surface area contributed by atoms with Crippen LogP contribution in [-0.2, 0) is 4.74 Å². The van der Waals surface area contributed by atoms with E-state index >= 15 is 0 Å². The van der Waals surface area contributed by atoms with Gasteiger partial charge in [0, 0.05) is 37.4 Å². The number of carbonyl (C=O) groups is 1. The Labute approximate surface area is 203 Å². The number of ether oxygens (including phenoxy) is 3. The van der Waals surface area contributed by atoms with Crippen molar-refractivity contribution in [2.24, 2.45) is 5.92 Å². The van der Waals surface area contributed by atoms with E-state index in [1.165, 1.54) is 5.56 Å². The van der Waals surface area contributed by atoms with Crippen molar-refractivity contribution in [3.63, 3.8) is 0 Å². The number of nitrogens with one attached hydrogen (secondary N) is 1. The maximum Gasteiger partial charge on any atom is 0.410 e. The molecule has 1 aliphatic rings. The van der Waals surface area contributed by atoms with Crippen LogP contribution in [0.15, 0.2) is 42.6 Å². The number of nitrogens with zero attached hydrogens (tertiary/aromatic N) is 2. The number of amides is 1. The first-order chi connectivity index (χ1) is 16.2. The average molecular weight is 470 g/mol. The zero-order chi connectivity index (χ0) is 24.7. The quantitative estimate of drug-likeness (QED) is 0.548. The Hall–Kier alpha value is -2.80. The van der Waals surface area contributed by atoms with E-state index in [-0.39, 0.29) is 18.2 Å². The van der Waals surface area contributed by atoms with Crippen LogP contribution in [0.5, 0.6) is 11.6 Å². The molecule has 1 N–H and O–H groups in total. The SMILES string of the molecule is COc1ccc([C@H](C)N[C@@H](CC2CCN(C(=O)OC(C)(C)C)CC2)c2ccc(OC)nc2)cc1. The molecule has 2 atom stereocenters. The molecule has 1 aromatic carbocycles. The highest BCUT2D eigenvalue weighted by molar-refractivity contribution is 5.68. The lowest BCUT2D eigenvalue weighted by Gasteiger charge is -2.35. The number of methoxy groups -OCH3 is 2. The number of aromatic nitrogens is 1. The molecule has 1 aromatic heterocycles. The van der Waals surface area contributed by atoms with E-state index in [1.807, 2.05) is 50.1 Å². The van der Waals surface area contributed by atoms with Crippen LogP contribution in [0.2, 0.25) is 0 Å². The fourth-order valence-electron chi connectivity index (χ4n) is 4.32. The second-order valence-corrected chi connectivity index (χ2v) is 9.99. The third kappa shape index (κ3) is 7.35. The predicted octanol–water partition coefficient (Wildman–Crippen LogP) is 5.53. The van der Waals surface area contributed by atoms with Gasteiger partial charge < -0.3 is 24.4 Å². The molecule has 1 saturated heterocycles.